The molecule has 2 N–H and O–H groups in total. The summed E-state index contributed by atoms with van der Waals surface area (Å²) in [7, 11) is 0. The van der Waals surface area contributed by atoms with E-state index in [9.17, 15) is 13.2 Å². The fourth-order valence-corrected chi connectivity index (χ4v) is 7.31. The van der Waals surface area contributed by atoms with Gasteiger partial charge in [-0.3, -0.25) is 4.90 Å². The zero-order chi connectivity index (χ0) is 29.7. The number of nitrogens with one attached hydrogen (secondary N) is 2. The molecule has 7 rings (SSSR count). The second-order valence-corrected chi connectivity index (χ2v) is 13.0. The maximum absolute atomic E-state index is 13.7. The standard InChI is InChI=1S/C31H35Cl2F3N7/c32-21-4-6-26-24(14-21)23-8-10-42(27(29(23)38-26)18-41-13-12-40(19-41)16-20-2-1-3-20)17-22-15-37-9-11-43(22)28-7-5-25(33)30(39-28)31(34,35)36/h4-7,12-14,19-20,22,27,37-38H,1-3,8-11,15-18H2/q+1. The third-order valence-corrected chi connectivity index (χ3v) is 9.88. The van der Waals surface area contributed by atoms with Crippen LogP contribution in [0.2, 0.25) is 10.0 Å². The van der Waals surface area contributed by atoms with Crippen LogP contribution >= 0.6 is 23.2 Å². The van der Waals surface area contributed by atoms with Gasteiger partial charge in [0.05, 0.1) is 23.7 Å². The summed E-state index contributed by atoms with van der Waals surface area (Å²) in [5, 5.41) is 4.94. The molecular formula is C31H35Cl2F3N7+. The third kappa shape index (κ3) is 5.87. The number of aromatic amines is 1. The first-order valence-electron chi connectivity index (χ1n) is 15.0. The van der Waals surface area contributed by atoms with E-state index >= 15 is 0 Å². The summed E-state index contributed by atoms with van der Waals surface area (Å²) in [6, 6.07) is 8.88. The first-order chi connectivity index (χ1) is 20.7. The Hall–Kier alpha value is -2.79. The molecule has 1 saturated carbocycles. The van der Waals surface area contributed by atoms with Gasteiger partial charge in [0.15, 0.2) is 5.69 Å². The topological polar surface area (TPSA) is 56.0 Å². The van der Waals surface area contributed by atoms with Crippen LogP contribution in [0.4, 0.5) is 19.0 Å². The molecule has 1 aromatic carbocycles. The molecule has 5 heterocycles. The molecule has 0 bridgehead atoms. The molecule has 1 aliphatic carbocycles. The number of benzene rings is 1. The van der Waals surface area contributed by atoms with Crippen LogP contribution in [0.5, 0.6) is 0 Å². The highest BCUT2D eigenvalue weighted by atomic mass is 35.5. The summed E-state index contributed by atoms with van der Waals surface area (Å²) in [4.78, 5) is 12.2. The van der Waals surface area contributed by atoms with Crippen molar-refractivity contribution in [3.05, 3.63) is 76.0 Å². The van der Waals surface area contributed by atoms with E-state index in [0.717, 1.165) is 42.9 Å². The van der Waals surface area contributed by atoms with E-state index in [2.05, 4.69) is 48.0 Å². The summed E-state index contributed by atoms with van der Waals surface area (Å²) in [6.45, 7) is 5.17. The van der Waals surface area contributed by atoms with Crippen LogP contribution < -0.4 is 14.8 Å². The molecule has 2 fully saturated rings. The van der Waals surface area contributed by atoms with Gasteiger partial charge >= 0.3 is 6.18 Å². The number of piperazine rings is 1. The molecule has 0 amide bonds. The molecule has 1 saturated heterocycles. The van der Waals surface area contributed by atoms with Crippen molar-refractivity contribution in [2.24, 2.45) is 5.92 Å². The normalized spacial score (nSPS) is 21.7. The summed E-state index contributed by atoms with van der Waals surface area (Å²) in [6.07, 6.45) is 6.68. The number of alkyl halides is 3. The van der Waals surface area contributed by atoms with Crippen molar-refractivity contribution in [3.63, 3.8) is 0 Å². The minimum atomic E-state index is -4.62. The molecule has 2 aliphatic heterocycles. The van der Waals surface area contributed by atoms with E-state index in [1.807, 2.05) is 23.1 Å². The van der Waals surface area contributed by atoms with E-state index in [4.69, 9.17) is 23.2 Å². The number of fused-ring (bicyclic) bond motifs is 3. The predicted molar refractivity (Wildman–Crippen MR) is 162 cm³/mol. The van der Waals surface area contributed by atoms with Crippen LogP contribution in [0.15, 0.2) is 49.1 Å². The second kappa shape index (κ2) is 11.6. The van der Waals surface area contributed by atoms with Gasteiger partial charge < -0.3 is 15.2 Å². The van der Waals surface area contributed by atoms with Crippen LogP contribution in [0.25, 0.3) is 10.9 Å². The number of anilines is 1. The van der Waals surface area contributed by atoms with E-state index in [1.54, 1.807) is 6.07 Å². The lowest BCUT2D eigenvalue weighted by Crippen LogP contribution is -2.57. The van der Waals surface area contributed by atoms with Crippen molar-refractivity contribution in [2.45, 2.75) is 57.0 Å². The lowest BCUT2D eigenvalue weighted by Gasteiger charge is -2.43. The van der Waals surface area contributed by atoms with Crippen molar-refractivity contribution in [3.8, 4) is 0 Å². The Morgan fingerprint density at radius 1 is 1.07 bits per heavy atom. The molecular weight excluding hydrogens is 598 g/mol. The second-order valence-electron chi connectivity index (χ2n) is 12.1. The van der Waals surface area contributed by atoms with Gasteiger partial charge in [-0.15, -0.1) is 0 Å². The van der Waals surface area contributed by atoms with E-state index in [-0.39, 0.29) is 17.1 Å². The van der Waals surface area contributed by atoms with Gasteiger partial charge in [0, 0.05) is 54.3 Å². The number of imidazole rings is 1. The number of H-pyrrole nitrogens is 1. The Morgan fingerprint density at radius 2 is 1.93 bits per heavy atom. The fraction of sp³-hybridized carbons (Fsp3) is 0.484. The quantitative estimate of drug-likeness (QED) is 0.251. The molecule has 3 aliphatic rings. The van der Waals surface area contributed by atoms with Crippen molar-refractivity contribution in [2.75, 3.05) is 37.6 Å². The van der Waals surface area contributed by atoms with Gasteiger partial charge in [0.2, 0.25) is 6.33 Å². The van der Waals surface area contributed by atoms with Gasteiger partial charge in [0.25, 0.3) is 0 Å². The van der Waals surface area contributed by atoms with Gasteiger partial charge in [-0.2, -0.15) is 13.2 Å². The molecule has 0 spiro atoms. The first kappa shape index (κ1) is 29.0. The lowest BCUT2D eigenvalue weighted by molar-refractivity contribution is -0.704. The Morgan fingerprint density at radius 3 is 2.72 bits per heavy atom. The molecule has 4 aromatic rings. The molecule has 3 aromatic heterocycles. The minimum Gasteiger partial charge on any atom is -0.357 e. The molecule has 7 nitrogen and oxygen atoms in total. The Bertz CT molecular complexity index is 1610. The highest BCUT2D eigenvalue weighted by Crippen LogP contribution is 2.38. The number of hydrogen-bond acceptors (Lipinski definition) is 4. The van der Waals surface area contributed by atoms with E-state index in [0.29, 0.717) is 37.0 Å². The number of hydrogen-bond donors (Lipinski definition) is 2. The van der Waals surface area contributed by atoms with Crippen LogP contribution in [0, 0.1) is 5.92 Å². The van der Waals surface area contributed by atoms with Crippen LogP contribution in [0.3, 0.4) is 0 Å². The summed E-state index contributed by atoms with van der Waals surface area (Å²) < 4.78 is 45.6. The van der Waals surface area contributed by atoms with Gasteiger partial charge in [0.1, 0.15) is 24.8 Å². The Kier molecular flexibility index (Phi) is 7.82. The van der Waals surface area contributed by atoms with Gasteiger partial charge in [-0.05, 0) is 61.1 Å². The minimum absolute atomic E-state index is 0.0483. The summed E-state index contributed by atoms with van der Waals surface area (Å²) in [5.41, 5.74) is 2.51. The maximum Gasteiger partial charge on any atom is 0.434 e. The SMILES string of the molecule is FC(F)(F)c1nc(N2CCNCC2CN2CCc3c([nH]c4ccc(Cl)cc34)C2Cn2cc[n+](CC3CCC3)c2)ccc1Cl. The van der Waals surface area contributed by atoms with Crippen molar-refractivity contribution >= 4 is 39.9 Å². The van der Waals surface area contributed by atoms with Crippen LogP contribution in [-0.2, 0) is 25.7 Å². The van der Waals surface area contributed by atoms with Crippen LogP contribution in [-0.4, -0.2) is 58.2 Å². The van der Waals surface area contributed by atoms with Gasteiger partial charge in [-0.25, -0.2) is 14.1 Å². The number of nitrogens with zero attached hydrogens (tertiary/aromatic N) is 5. The zero-order valence-corrected chi connectivity index (χ0v) is 25.3. The Balaban J connectivity index is 1.19. The molecule has 2 unspecified atom stereocenters. The monoisotopic (exact) mass is 632 g/mol. The zero-order valence-electron chi connectivity index (χ0n) is 23.8. The maximum atomic E-state index is 13.7. The number of rotatable bonds is 7. The Labute approximate surface area is 258 Å². The smallest absolute Gasteiger partial charge is 0.357 e. The third-order valence-electron chi connectivity index (χ3n) is 9.34. The molecule has 228 valence electrons. The van der Waals surface area contributed by atoms with Gasteiger partial charge in [-0.1, -0.05) is 29.6 Å². The van der Waals surface area contributed by atoms with Crippen LogP contribution in [0.1, 0.15) is 42.3 Å². The number of halogens is 5. The largest absolute Gasteiger partial charge is 0.434 e. The van der Waals surface area contributed by atoms with Crippen molar-refractivity contribution in [1.29, 1.82) is 0 Å². The molecule has 43 heavy (non-hydrogen) atoms. The van der Waals surface area contributed by atoms with Crippen molar-refractivity contribution < 1.29 is 17.7 Å². The van der Waals surface area contributed by atoms with E-state index in [1.165, 1.54) is 36.6 Å². The van der Waals surface area contributed by atoms with Crippen molar-refractivity contribution in [1.82, 2.24) is 24.8 Å². The molecule has 0 radical (unpaired) electrons. The fourth-order valence-electron chi connectivity index (χ4n) is 6.93. The summed E-state index contributed by atoms with van der Waals surface area (Å²) in [5.74, 6) is 1.07. The average Bonchev–Trinajstić information content (AvgIpc) is 3.56. The van der Waals surface area contributed by atoms with E-state index < -0.39 is 11.9 Å². The first-order valence-corrected chi connectivity index (χ1v) is 15.8. The molecule has 12 heteroatoms. The summed E-state index contributed by atoms with van der Waals surface area (Å²) >= 11 is 12.3. The number of aromatic nitrogens is 4. The number of pyridine rings is 1. The molecule has 2 atom stereocenters. The predicted octanol–water partition coefficient (Wildman–Crippen LogP) is 5.86. The lowest BCUT2D eigenvalue weighted by atomic mass is 9.85. The highest BCUT2D eigenvalue weighted by Gasteiger charge is 2.38. The average molecular weight is 634 g/mol. The highest BCUT2D eigenvalue weighted by molar-refractivity contribution is 6.31.